The van der Waals surface area contributed by atoms with Crippen LogP contribution in [0.15, 0.2) is 18.2 Å². The van der Waals surface area contributed by atoms with Gasteiger partial charge in [0.2, 0.25) is 0 Å². The third-order valence-corrected chi connectivity index (χ3v) is 3.27. The summed E-state index contributed by atoms with van der Waals surface area (Å²) in [6.07, 6.45) is 4.45. The molecule has 0 aromatic heterocycles. The maximum Gasteiger partial charge on any atom is 0.335 e. The van der Waals surface area contributed by atoms with Crippen molar-refractivity contribution in [3.63, 3.8) is 0 Å². The number of carboxylic acid groups (broad SMARTS) is 1. The molecule has 2 rings (SSSR count). The third kappa shape index (κ3) is 3.92. The molecule has 0 radical (unpaired) electrons. The average molecular weight is 267 g/mol. The quantitative estimate of drug-likeness (QED) is 0.861. The molecular weight excluding hydrogens is 249 g/mol. The van der Waals surface area contributed by atoms with E-state index in [-0.39, 0.29) is 11.7 Å². The van der Waals surface area contributed by atoms with Gasteiger partial charge in [0, 0.05) is 13.2 Å². The predicted molar refractivity (Wildman–Crippen MR) is 70.1 cm³/mol. The number of hydrogen-bond acceptors (Lipinski definition) is 3. The largest absolute Gasteiger partial charge is 0.478 e. The number of halogens is 1. The van der Waals surface area contributed by atoms with Gasteiger partial charge in [-0.1, -0.05) is 0 Å². The number of aromatic carboxylic acids is 1. The van der Waals surface area contributed by atoms with Gasteiger partial charge in [0.05, 0.1) is 17.4 Å². The van der Waals surface area contributed by atoms with Crippen LogP contribution in [0.4, 0.5) is 10.1 Å². The number of benzene rings is 1. The van der Waals surface area contributed by atoms with Crippen molar-refractivity contribution in [2.75, 3.05) is 18.5 Å². The number of rotatable bonds is 5. The second-order valence-corrected chi connectivity index (χ2v) is 4.70. The second-order valence-electron chi connectivity index (χ2n) is 4.70. The van der Waals surface area contributed by atoms with E-state index in [2.05, 4.69) is 5.32 Å². The van der Waals surface area contributed by atoms with Crippen molar-refractivity contribution in [2.45, 2.75) is 31.8 Å². The van der Waals surface area contributed by atoms with Gasteiger partial charge in [-0.15, -0.1) is 0 Å². The van der Waals surface area contributed by atoms with Crippen molar-refractivity contribution < 1.29 is 19.0 Å². The molecule has 0 aliphatic carbocycles. The lowest BCUT2D eigenvalue weighted by Gasteiger charge is -2.22. The number of nitrogens with one attached hydrogen (secondary N) is 1. The third-order valence-electron chi connectivity index (χ3n) is 3.27. The number of carbonyl (C=O) groups is 1. The van der Waals surface area contributed by atoms with Gasteiger partial charge in [0.15, 0.2) is 0 Å². The van der Waals surface area contributed by atoms with Gasteiger partial charge in [-0.2, -0.15) is 0 Å². The average Bonchev–Trinajstić information content (AvgIpc) is 2.41. The highest BCUT2D eigenvalue weighted by Gasteiger charge is 2.13. The Balaban J connectivity index is 1.83. The fraction of sp³-hybridized carbons (Fsp3) is 0.500. The minimum absolute atomic E-state index is 0.0429. The van der Waals surface area contributed by atoms with Gasteiger partial charge in [0.1, 0.15) is 5.82 Å². The van der Waals surface area contributed by atoms with E-state index in [0.29, 0.717) is 12.2 Å². The topological polar surface area (TPSA) is 58.6 Å². The van der Waals surface area contributed by atoms with Crippen LogP contribution in [-0.4, -0.2) is 30.3 Å². The molecule has 1 aliphatic rings. The van der Waals surface area contributed by atoms with Crippen LogP contribution in [0.25, 0.3) is 0 Å². The predicted octanol–water partition coefficient (Wildman–Crippen LogP) is 2.90. The molecule has 4 nitrogen and oxygen atoms in total. The molecule has 104 valence electrons. The Morgan fingerprint density at radius 3 is 2.95 bits per heavy atom. The highest BCUT2D eigenvalue weighted by Crippen LogP contribution is 2.18. The van der Waals surface area contributed by atoms with Gasteiger partial charge in [0.25, 0.3) is 0 Å². The summed E-state index contributed by atoms with van der Waals surface area (Å²) in [5.41, 5.74) is 0.291. The number of carboxylic acids is 1. The summed E-state index contributed by atoms with van der Waals surface area (Å²) in [7, 11) is 0. The van der Waals surface area contributed by atoms with E-state index in [4.69, 9.17) is 9.84 Å². The standard InChI is InChI=1S/C14H18FNO3/c15-12-9-10(14(17)18)4-5-13(12)16-7-6-11-3-1-2-8-19-11/h4-5,9,11,16H,1-3,6-8H2,(H,17,18). The lowest BCUT2D eigenvalue weighted by Crippen LogP contribution is -2.22. The summed E-state index contributed by atoms with van der Waals surface area (Å²) in [5, 5.41) is 11.7. The fourth-order valence-electron chi connectivity index (χ4n) is 2.19. The van der Waals surface area contributed by atoms with Gasteiger partial charge < -0.3 is 15.2 Å². The molecule has 0 spiro atoms. The van der Waals surface area contributed by atoms with Crippen molar-refractivity contribution >= 4 is 11.7 Å². The smallest absolute Gasteiger partial charge is 0.335 e. The number of hydrogen-bond donors (Lipinski definition) is 2. The van der Waals surface area contributed by atoms with Gasteiger partial charge in [-0.05, 0) is 43.9 Å². The monoisotopic (exact) mass is 267 g/mol. The SMILES string of the molecule is O=C(O)c1ccc(NCCC2CCCCO2)c(F)c1. The summed E-state index contributed by atoms with van der Waals surface area (Å²) in [6.45, 7) is 1.43. The van der Waals surface area contributed by atoms with Gasteiger partial charge >= 0.3 is 5.97 Å². The summed E-state index contributed by atoms with van der Waals surface area (Å²) in [5.74, 6) is -1.66. The van der Waals surface area contributed by atoms with E-state index in [1.165, 1.54) is 18.6 Å². The molecule has 5 heteroatoms. The normalized spacial score (nSPS) is 19.1. The van der Waals surface area contributed by atoms with Crippen LogP contribution in [0.3, 0.4) is 0 Å². The van der Waals surface area contributed by atoms with Crippen LogP contribution in [0.1, 0.15) is 36.0 Å². The van der Waals surface area contributed by atoms with Gasteiger partial charge in [-0.25, -0.2) is 9.18 Å². The molecule has 1 aromatic carbocycles. The number of anilines is 1. The molecule has 19 heavy (non-hydrogen) atoms. The summed E-state index contributed by atoms with van der Waals surface area (Å²) >= 11 is 0. The summed E-state index contributed by atoms with van der Waals surface area (Å²) < 4.78 is 19.2. The molecule has 1 aliphatic heterocycles. The van der Waals surface area contributed by atoms with Crippen molar-refractivity contribution in [2.24, 2.45) is 0 Å². The van der Waals surface area contributed by atoms with Crippen LogP contribution in [0.2, 0.25) is 0 Å². The molecule has 1 saturated heterocycles. The van der Waals surface area contributed by atoms with Crippen LogP contribution < -0.4 is 5.32 Å². The Morgan fingerprint density at radius 2 is 2.32 bits per heavy atom. The fourth-order valence-corrected chi connectivity index (χ4v) is 2.19. The lowest BCUT2D eigenvalue weighted by molar-refractivity contribution is 0.0134. The Morgan fingerprint density at radius 1 is 1.47 bits per heavy atom. The Hall–Kier alpha value is -1.62. The molecule has 2 N–H and O–H groups in total. The van der Waals surface area contributed by atoms with Crippen molar-refractivity contribution in [3.8, 4) is 0 Å². The molecule has 0 saturated carbocycles. The zero-order chi connectivity index (χ0) is 13.7. The van der Waals surface area contributed by atoms with Gasteiger partial charge in [-0.3, -0.25) is 0 Å². The second kappa shape index (κ2) is 6.52. The molecule has 0 amide bonds. The molecule has 1 heterocycles. The van der Waals surface area contributed by atoms with E-state index in [1.54, 1.807) is 0 Å². The first-order valence-electron chi connectivity index (χ1n) is 6.55. The molecule has 1 atom stereocenters. The van der Waals surface area contributed by atoms with Crippen LogP contribution in [-0.2, 0) is 4.74 Å². The molecule has 0 bridgehead atoms. The van der Waals surface area contributed by atoms with Crippen LogP contribution in [0, 0.1) is 5.82 Å². The van der Waals surface area contributed by atoms with E-state index in [1.807, 2.05) is 0 Å². The Kier molecular flexibility index (Phi) is 4.74. The Labute approximate surface area is 111 Å². The van der Waals surface area contributed by atoms with Crippen molar-refractivity contribution in [3.05, 3.63) is 29.6 Å². The van der Waals surface area contributed by atoms with Crippen molar-refractivity contribution in [1.29, 1.82) is 0 Å². The van der Waals surface area contributed by atoms with E-state index in [9.17, 15) is 9.18 Å². The maximum atomic E-state index is 13.6. The first kappa shape index (κ1) is 13.8. The number of ether oxygens (including phenoxy) is 1. The summed E-state index contributed by atoms with van der Waals surface area (Å²) in [4.78, 5) is 10.7. The molecule has 1 aromatic rings. The lowest BCUT2D eigenvalue weighted by atomic mass is 10.1. The molecule has 1 fully saturated rings. The van der Waals surface area contributed by atoms with E-state index in [0.717, 1.165) is 31.9 Å². The van der Waals surface area contributed by atoms with Crippen molar-refractivity contribution in [1.82, 2.24) is 0 Å². The molecular formula is C14H18FNO3. The van der Waals surface area contributed by atoms with Crippen LogP contribution in [0.5, 0.6) is 0 Å². The Bertz CT molecular complexity index is 444. The first-order valence-corrected chi connectivity index (χ1v) is 6.55. The molecule has 1 unspecified atom stereocenters. The first-order chi connectivity index (χ1) is 9.16. The highest BCUT2D eigenvalue weighted by atomic mass is 19.1. The highest BCUT2D eigenvalue weighted by molar-refractivity contribution is 5.88. The maximum absolute atomic E-state index is 13.6. The zero-order valence-electron chi connectivity index (χ0n) is 10.7. The van der Waals surface area contributed by atoms with E-state index < -0.39 is 11.8 Å². The van der Waals surface area contributed by atoms with Crippen LogP contribution >= 0.6 is 0 Å². The minimum atomic E-state index is -1.12. The van der Waals surface area contributed by atoms with E-state index >= 15 is 0 Å². The zero-order valence-corrected chi connectivity index (χ0v) is 10.7. The summed E-state index contributed by atoms with van der Waals surface area (Å²) in [6, 6.07) is 3.88. The minimum Gasteiger partial charge on any atom is -0.478 e.